The fourth-order valence-electron chi connectivity index (χ4n) is 2.60. The third-order valence-electron chi connectivity index (χ3n) is 4.10. The Labute approximate surface area is 174 Å². The minimum Gasteiger partial charge on any atom is -0.497 e. The second-order valence-electron chi connectivity index (χ2n) is 6.28. The first kappa shape index (κ1) is 23.1. The highest BCUT2D eigenvalue weighted by Gasteiger charge is 2.10. The molecule has 1 aromatic heterocycles. The van der Waals surface area contributed by atoms with Crippen molar-refractivity contribution in [3.8, 4) is 5.75 Å². The molecule has 0 spiro atoms. The molecule has 1 amide bonds. The number of aliphatic imine (C=N–C) groups is 1. The number of hydrogen-bond acceptors (Lipinski definition) is 9. The van der Waals surface area contributed by atoms with Crippen molar-refractivity contribution in [3.63, 3.8) is 0 Å². The fourth-order valence-corrected chi connectivity index (χ4v) is 2.60. The number of nitrogens with one attached hydrogen (secondary N) is 2. The molecule has 160 valence electrons. The van der Waals surface area contributed by atoms with Crippen molar-refractivity contribution in [1.82, 2.24) is 20.8 Å². The van der Waals surface area contributed by atoms with Gasteiger partial charge >= 0.3 is 0 Å². The van der Waals surface area contributed by atoms with E-state index in [4.69, 9.17) is 10.5 Å². The number of aldehydes is 1. The Balaban J connectivity index is 2.03. The van der Waals surface area contributed by atoms with Gasteiger partial charge in [0.25, 0.3) is 5.91 Å². The van der Waals surface area contributed by atoms with Gasteiger partial charge in [0.15, 0.2) is 0 Å². The predicted molar refractivity (Wildman–Crippen MR) is 112 cm³/mol. The Morgan fingerprint density at radius 3 is 2.53 bits per heavy atom. The number of hydrogen-bond donors (Lipinski definition) is 3. The van der Waals surface area contributed by atoms with Crippen LogP contribution < -0.4 is 21.3 Å². The van der Waals surface area contributed by atoms with Gasteiger partial charge in [0.2, 0.25) is 5.95 Å². The molecule has 0 aliphatic rings. The number of ether oxygens (including phenoxy) is 1. The molecule has 0 fully saturated rings. The molecule has 0 saturated carbocycles. The Morgan fingerprint density at radius 2 is 1.90 bits per heavy atom. The van der Waals surface area contributed by atoms with Gasteiger partial charge in [0, 0.05) is 36.8 Å². The van der Waals surface area contributed by atoms with E-state index >= 15 is 0 Å². The number of amides is 1. The lowest BCUT2D eigenvalue weighted by molar-refractivity contribution is -0.107. The quantitative estimate of drug-likeness (QED) is 0.196. The molecule has 0 aliphatic carbocycles. The average Bonchev–Trinajstić information content (AvgIpc) is 2.77. The van der Waals surface area contributed by atoms with Gasteiger partial charge in [-0.3, -0.25) is 9.63 Å². The van der Waals surface area contributed by atoms with Crippen molar-refractivity contribution in [1.29, 1.82) is 0 Å². The SMILES string of the molecule is CONC(=O)c1cc(CCc2cnc(N=C(CN)CNCC=O)nc2)cc(OC)c1. The van der Waals surface area contributed by atoms with Crippen LogP contribution >= 0.6 is 0 Å². The molecule has 0 atom stereocenters. The highest BCUT2D eigenvalue weighted by Crippen LogP contribution is 2.19. The van der Waals surface area contributed by atoms with E-state index < -0.39 is 0 Å². The first-order valence-corrected chi connectivity index (χ1v) is 9.32. The van der Waals surface area contributed by atoms with Crippen molar-refractivity contribution >= 4 is 23.9 Å². The smallest absolute Gasteiger partial charge is 0.274 e. The number of aryl methyl sites for hydroxylation is 2. The molecule has 4 N–H and O–H groups in total. The second kappa shape index (κ2) is 12.4. The van der Waals surface area contributed by atoms with Crippen LogP contribution in [0.3, 0.4) is 0 Å². The number of benzene rings is 1. The highest BCUT2D eigenvalue weighted by molar-refractivity contribution is 5.94. The molecule has 0 bridgehead atoms. The molecule has 0 unspecified atom stereocenters. The Hall–Kier alpha value is -3.21. The number of hydroxylamine groups is 1. The molecule has 10 nitrogen and oxygen atoms in total. The van der Waals surface area contributed by atoms with Crippen LogP contribution in [0.25, 0.3) is 0 Å². The molecule has 1 heterocycles. The van der Waals surface area contributed by atoms with E-state index in [9.17, 15) is 9.59 Å². The molecule has 30 heavy (non-hydrogen) atoms. The first-order chi connectivity index (χ1) is 14.6. The molecular formula is C20H26N6O4. The lowest BCUT2D eigenvalue weighted by Gasteiger charge is -2.09. The minimum absolute atomic E-state index is 0.234. The standard InChI is InChI=1S/C20H26N6O4/c1-29-18-8-14(7-16(9-18)19(28)26-30-2)3-4-15-11-23-20(24-12-15)25-17(10-21)13-22-5-6-27/h6-9,11-12,22H,3-5,10,13,21H2,1-2H3,(H,26,28). The van der Waals surface area contributed by atoms with Crippen molar-refractivity contribution in [2.45, 2.75) is 12.8 Å². The molecule has 0 radical (unpaired) electrons. The van der Waals surface area contributed by atoms with E-state index in [2.05, 4.69) is 30.6 Å². The maximum Gasteiger partial charge on any atom is 0.274 e. The summed E-state index contributed by atoms with van der Waals surface area (Å²) in [4.78, 5) is 39.9. The number of aromatic nitrogens is 2. The molecule has 2 rings (SSSR count). The van der Waals surface area contributed by atoms with Crippen molar-refractivity contribution in [2.75, 3.05) is 33.9 Å². The monoisotopic (exact) mass is 414 g/mol. The van der Waals surface area contributed by atoms with E-state index in [1.165, 1.54) is 7.11 Å². The van der Waals surface area contributed by atoms with Crippen molar-refractivity contribution in [2.24, 2.45) is 10.7 Å². The zero-order valence-corrected chi connectivity index (χ0v) is 17.1. The Kier molecular flexibility index (Phi) is 9.52. The van der Waals surface area contributed by atoms with Crippen molar-refractivity contribution < 1.29 is 19.2 Å². The summed E-state index contributed by atoms with van der Waals surface area (Å²) < 4.78 is 5.28. The zero-order chi connectivity index (χ0) is 21.8. The Bertz CT molecular complexity index is 870. The third-order valence-corrected chi connectivity index (χ3v) is 4.10. The van der Waals surface area contributed by atoms with Gasteiger partial charge in [-0.05, 0) is 42.2 Å². The first-order valence-electron chi connectivity index (χ1n) is 9.32. The Morgan fingerprint density at radius 1 is 1.17 bits per heavy atom. The molecule has 0 saturated heterocycles. The topological polar surface area (TPSA) is 141 Å². The second-order valence-corrected chi connectivity index (χ2v) is 6.28. The number of rotatable bonds is 12. The number of nitrogens with two attached hydrogens (primary N) is 1. The van der Waals surface area contributed by atoms with E-state index in [-0.39, 0.29) is 19.0 Å². The van der Waals surface area contributed by atoms with Crippen LogP contribution in [-0.4, -0.2) is 61.7 Å². The van der Waals surface area contributed by atoms with Gasteiger partial charge in [-0.1, -0.05) is 0 Å². The summed E-state index contributed by atoms with van der Waals surface area (Å²) in [5.41, 5.74) is 10.9. The number of nitrogens with zero attached hydrogens (tertiary/aromatic N) is 3. The average molecular weight is 414 g/mol. The normalized spacial score (nSPS) is 11.2. The minimum atomic E-state index is -0.346. The zero-order valence-electron chi connectivity index (χ0n) is 17.1. The summed E-state index contributed by atoms with van der Waals surface area (Å²) in [6.07, 6.45) is 5.52. The van der Waals surface area contributed by atoms with Gasteiger partial charge < -0.3 is 20.6 Å². The maximum absolute atomic E-state index is 12.0. The van der Waals surface area contributed by atoms with Crippen LogP contribution in [0.2, 0.25) is 0 Å². The van der Waals surface area contributed by atoms with E-state index in [0.717, 1.165) is 17.4 Å². The third kappa shape index (κ3) is 7.32. The van der Waals surface area contributed by atoms with Crippen molar-refractivity contribution in [3.05, 3.63) is 47.3 Å². The predicted octanol–water partition coefficient (Wildman–Crippen LogP) is 0.381. The molecule has 2 aromatic rings. The molecule has 10 heteroatoms. The van der Waals surface area contributed by atoms with Crippen LogP contribution in [0.4, 0.5) is 5.95 Å². The lowest BCUT2D eigenvalue weighted by Crippen LogP contribution is -2.29. The van der Waals surface area contributed by atoms with Crippen LogP contribution in [-0.2, 0) is 22.5 Å². The summed E-state index contributed by atoms with van der Waals surface area (Å²) in [5.74, 6) is 0.556. The van der Waals surface area contributed by atoms with Crippen LogP contribution in [0.5, 0.6) is 5.75 Å². The number of carbonyl (C=O) groups is 2. The summed E-state index contributed by atoms with van der Waals surface area (Å²) in [5, 5.41) is 2.90. The van der Waals surface area contributed by atoms with Gasteiger partial charge in [-0.15, -0.1) is 0 Å². The molecule has 0 aliphatic heterocycles. The summed E-state index contributed by atoms with van der Waals surface area (Å²) >= 11 is 0. The maximum atomic E-state index is 12.0. The van der Waals surface area contributed by atoms with E-state index in [1.807, 2.05) is 6.07 Å². The summed E-state index contributed by atoms with van der Waals surface area (Å²) in [7, 11) is 2.93. The van der Waals surface area contributed by atoms with Crippen LogP contribution in [0.15, 0.2) is 35.6 Å². The number of methoxy groups -OCH3 is 1. The van der Waals surface area contributed by atoms with E-state index in [0.29, 0.717) is 42.4 Å². The van der Waals surface area contributed by atoms with Crippen LogP contribution in [0.1, 0.15) is 21.5 Å². The lowest BCUT2D eigenvalue weighted by atomic mass is 10.0. The number of carbonyl (C=O) groups excluding carboxylic acids is 2. The van der Waals surface area contributed by atoms with Gasteiger partial charge in [0.1, 0.15) is 12.0 Å². The van der Waals surface area contributed by atoms with Gasteiger partial charge in [-0.25, -0.2) is 20.4 Å². The van der Waals surface area contributed by atoms with Crippen LogP contribution in [0, 0.1) is 0 Å². The summed E-state index contributed by atoms with van der Waals surface area (Å²) in [6.45, 7) is 0.874. The fraction of sp³-hybridized carbons (Fsp3) is 0.350. The highest BCUT2D eigenvalue weighted by atomic mass is 16.6. The molecular weight excluding hydrogens is 388 g/mol. The van der Waals surface area contributed by atoms with E-state index in [1.54, 1.807) is 31.6 Å². The van der Waals surface area contributed by atoms with Gasteiger partial charge in [-0.2, -0.15) is 0 Å². The summed E-state index contributed by atoms with van der Waals surface area (Å²) in [6, 6.07) is 5.31. The largest absolute Gasteiger partial charge is 0.497 e. The molecule has 1 aromatic carbocycles. The van der Waals surface area contributed by atoms with Gasteiger partial charge in [0.05, 0.1) is 20.8 Å².